The molecule has 0 spiro atoms. The molecule has 10 heteroatoms. The minimum absolute atomic E-state index is 0.229. The van der Waals surface area contributed by atoms with Crippen LogP contribution in [-0.2, 0) is 18.7 Å². The number of benzene rings is 2. The summed E-state index contributed by atoms with van der Waals surface area (Å²) in [4.78, 5) is 27.1. The van der Waals surface area contributed by atoms with E-state index < -0.39 is 31.7 Å². The van der Waals surface area contributed by atoms with Gasteiger partial charge in [-0.3, -0.25) is 4.57 Å². The Hall–Kier alpha value is -1.89. The lowest BCUT2D eigenvalue weighted by Gasteiger charge is -2.18. The lowest BCUT2D eigenvalue weighted by molar-refractivity contribution is -0.145. The molecule has 2 unspecified atom stereocenters. The average molecular weight is 460 g/mol. The van der Waals surface area contributed by atoms with E-state index in [1.54, 1.807) is 32.0 Å². The van der Waals surface area contributed by atoms with Crippen LogP contribution in [-0.4, -0.2) is 29.0 Å². The molecule has 0 bridgehead atoms. The summed E-state index contributed by atoms with van der Waals surface area (Å²) in [7, 11) is -4.38. The van der Waals surface area contributed by atoms with Crippen LogP contribution in [0.25, 0.3) is 0 Å². The second-order valence-corrected chi connectivity index (χ2v) is 8.52. The quantitative estimate of drug-likeness (QED) is 0.237. The molecule has 2 rings (SSSR count). The monoisotopic (exact) mass is 459 g/mol. The van der Waals surface area contributed by atoms with Crippen molar-refractivity contribution in [2.45, 2.75) is 26.4 Å². The molecule has 0 aliphatic rings. The third kappa shape index (κ3) is 7.46. The molecule has 0 fully saturated rings. The first-order valence-corrected chi connectivity index (χ1v) is 11.0. The largest absolute Gasteiger partial charge is 0.482 e. The van der Waals surface area contributed by atoms with E-state index in [9.17, 15) is 14.3 Å². The summed E-state index contributed by atoms with van der Waals surface area (Å²) in [6.07, 6.45) is -0.00341. The topological polar surface area (TPSA) is 94.4 Å². The minimum Gasteiger partial charge on any atom is -0.482 e. The highest BCUT2D eigenvalue weighted by molar-refractivity contribution is 7.72. The fourth-order valence-electron chi connectivity index (χ4n) is 2.05. The molecule has 7 nitrogen and oxygen atoms in total. The molecular formula is C19H20Cl2NO6P. The Morgan fingerprint density at radius 2 is 1.86 bits per heavy atom. The smallest absolute Gasteiger partial charge is 0.381 e. The number of rotatable bonds is 9. The Morgan fingerprint density at radius 1 is 1.17 bits per heavy atom. The van der Waals surface area contributed by atoms with Gasteiger partial charge in [0.1, 0.15) is 5.75 Å². The van der Waals surface area contributed by atoms with Crippen LogP contribution in [0, 0.1) is 0 Å². The maximum Gasteiger partial charge on any atom is 0.381 e. The first kappa shape index (κ1) is 23.4. The summed E-state index contributed by atoms with van der Waals surface area (Å²) in [6, 6.07) is 12.4. The maximum atomic E-state index is 12.7. The highest BCUT2D eigenvalue weighted by Gasteiger charge is 2.32. The highest BCUT2D eigenvalue weighted by Crippen LogP contribution is 2.48. The molecule has 0 saturated heterocycles. The van der Waals surface area contributed by atoms with Crippen molar-refractivity contribution in [3.8, 4) is 5.75 Å². The molecule has 1 N–H and O–H groups in total. The van der Waals surface area contributed by atoms with Crippen molar-refractivity contribution in [1.29, 1.82) is 0 Å². The van der Waals surface area contributed by atoms with Gasteiger partial charge < -0.3 is 19.0 Å². The van der Waals surface area contributed by atoms with Crippen LogP contribution in [0.1, 0.15) is 25.8 Å². The molecule has 0 aromatic heterocycles. The molecule has 29 heavy (non-hydrogen) atoms. The Balaban J connectivity index is 2.16. The molecule has 0 saturated carbocycles. The van der Waals surface area contributed by atoms with Crippen molar-refractivity contribution in [1.82, 2.24) is 0 Å². The molecular weight excluding hydrogens is 440 g/mol. The Kier molecular flexibility index (Phi) is 8.68. The van der Waals surface area contributed by atoms with E-state index in [2.05, 4.69) is 5.16 Å². The van der Waals surface area contributed by atoms with E-state index in [0.29, 0.717) is 22.2 Å². The van der Waals surface area contributed by atoms with E-state index in [-0.39, 0.29) is 5.56 Å². The zero-order chi connectivity index (χ0) is 21.4. The lowest BCUT2D eigenvalue weighted by Crippen LogP contribution is -2.16. The summed E-state index contributed by atoms with van der Waals surface area (Å²) >= 11 is 11.7. The molecule has 0 radical (unpaired) electrons. The van der Waals surface area contributed by atoms with Gasteiger partial charge in [0.05, 0.1) is 6.10 Å². The number of hydrogen-bond donors (Lipinski definition) is 1. The molecule has 0 aliphatic carbocycles. The third-order valence-electron chi connectivity index (χ3n) is 3.65. The lowest BCUT2D eigenvalue weighted by atomic mass is 10.2. The van der Waals surface area contributed by atoms with Gasteiger partial charge in [-0.25, -0.2) is 4.79 Å². The van der Waals surface area contributed by atoms with E-state index in [0.717, 1.165) is 0 Å². The second kappa shape index (κ2) is 10.8. The van der Waals surface area contributed by atoms with Crippen molar-refractivity contribution in [2.24, 2.45) is 5.16 Å². The van der Waals surface area contributed by atoms with Crippen molar-refractivity contribution < 1.29 is 28.4 Å². The van der Waals surface area contributed by atoms with Crippen molar-refractivity contribution in [3.05, 3.63) is 64.1 Å². The second-order valence-electron chi connectivity index (χ2n) is 5.98. The van der Waals surface area contributed by atoms with Gasteiger partial charge in [0.15, 0.2) is 12.1 Å². The Bertz CT molecular complexity index is 919. The zero-order valence-electron chi connectivity index (χ0n) is 15.7. The number of carbonyl (C=O) groups is 1. The van der Waals surface area contributed by atoms with Crippen LogP contribution in [0.3, 0.4) is 0 Å². The van der Waals surface area contributed by atoms with Crippen LogP contribution in [0.15, 0.2) is 53.7 Å². The van der Waals surface area contributed by atoms with E-state index >= 15 is 0 Å². The number of halogens is 2. The van der Waals surface area contributed by atoms with E-state index in [1.807, 2.05) is 0 Å². The summed E-state index contributed by atoms with van der Waals surface area (Å²) < 4.78 is 23.2. The number of oxime groups is 1. The van der Waals surface area contributed by atoms with Crippen molar-refractivity contribution >= 4 is 42.2 Å². The first-order valence-electron chi connectivity index (χ1n) is 8.65. The molecule has 2 atom stereocenters. The molecule has 0 heterocycles. The standard InChI is InChI=1S/C19H20Cl2NO6P/c1-3-13(2)28-29(24,25)19(14-7-9-15(20)10-8-14)22-27-18(23)12-26-17-6-4-5-16(21)11-17/h4-11,13H,3,12H2,1-2H3,(H,24,25). The predicted molar refractivity (Wildman–Crippen MR) is 112 cm³/mol. The summed E-state index contributed by atoms with van der Waals surface area (Å²) in [6.45, 7) is 2.98. The molecule has 0 aliphatic heterocycles. The van der Waals surface area contributed by atoms with Gasteiger partial charge in [-0.2, -0.15) is 0 Å². The number of carbonyl (C=O) groups excluding carboxylic acids is 1. The van der Waals surface area contributed by atoms with E-state index in [4.69, 9.17) is 37.3 Å². The van der Waals surface area contributed by atoms with Gasteiger partial charge in [0.25, 0.3) is 0 Å². The predicted octanol–water partition coefficient (Wildman–Crippen LogP) is 5.28. The van der Waals surface area contributed by atoms with Gasteiger partial charge >= 0.3 is 13.6 Å². The maximum absolute atomic E-state index is 12.7. The van der Waals surface area contributed by atoms with Crippen molar-refractivity contribution in [2.75, 3.05) is 6.61 Å². The van der Waals surface area contributed by atoms with Crippen LogP contribution < -0.4 is 4.74 Å². The number of nitrogens with zero attached hydrogens (tertiary/aromatic N) is 1. The summed E-state index contributed by atoms with van der Waals surface area (Å²) in [5, 5.41) is 4.47. The van der Waals surface area contributed by atoms with Crippen LogP contribution in [0.5, 0.6) is 5.75 Å². The van der Waals surface area contributed by atoms with Crippen LogP contribution >= 0.6 is 30.8 Å². The average Bonchev–Trinajstić information content (AvgIpc) is 2.67. The minimum atomic E-state index is -4.38. The van der Waals surface area contributed by atoms with Crippen LogP contribution in [0.4, 0.5) is 0 Å². The van der Waals surface area contributed by atoms with Gasteiger partial charge in [-0.1, -0.05) is 53.5 Å². The van der Waals surface area contributed by atoms with Gasteiger partial charge in [-0.05, 0) is 43.7 Å². The Morgan fingerprint density at radius 3 is 2.48 bits per heavy atom. The molecule has 2 aromatic carbocycles. The number of hydrogen-bond acceptors (Lipinski definition) is 6. The molecule has 2 aromatic rings. The fourth-order valence-corrected chi connectivity index (χ4v) is 3.72. The normalized spacial score (nSPS) is 14.7. The molecule has 0 amide bonds. The first-order chi connectivity index (χ1) is 13.7. The van der Waals surface area contributed by atoms with Crippen molar-refractivity contribution in [3.63, 3.8) is 0 Å². The fraction of sp³-hybridized carbons (Fsp3) is 0.263. The summed E-state index contributed by atoms with van der Waals surface area (Å²) in [5.74, 6) is -0.510. The van der Waals surface area contributed by atoms with Gasteiger partial charge in [0.2, 0.25) is 0 Å². The zero-order valence-corrected chi connectivity index (χ0v) is 18.2. The highest BCUT2D eigenvalue weighted by atomic mass is 35.5. The van der Waals surface area contributed by atoms with Gasteiger partial charge in [0, 0.05) is 15.6 Å². The van der Waals surface area contributed by atoms with Crippen LogP contribution in [0.2, 0.25) is 10.0 Å². The number of ether oxygens (including phenoxy) is 1. The SMILES string of the molecule is CCC(C)OP(=O)(O)C(=NOC(=O)COc1cccc(Cl)c1)c1ccc(Cl)cc1. The Labute approximate surface area is 178 Å². The summed E-state index contributed by atoms with van der Waals surface area (Å²) in [5.41, 5.74) is -0.183. The molecule has 156 valence electrons. The van der Waals surface area contributed by atoms with Gasteiger partial charge in [-0.15, -0.1) is 0 Å². The van der Waals surface area contributed by atoms with E-state index in [1.165, 1.54) is 30.3 Å². The third-order valence-corrected chi connectivity index (χ3v) is 5.66.